The van der Waals surface area contributed by atoms with Crippen LogP contribution in [0.1, 0.15) is 97.5 Å². The van der Waals surface area contributed by atoms with Gasteiger partial charge < -0.3 is 9.47 Å². The molecule has 0 atom stereocenters. The van der Waals surface area contributed by atoms with E-state index in [4.69, 9.17) is 9.47 Å². The number of carbonyl (C=O) groups is 4. The quantitative estimate of drug-likeness (QED) is 0.0764. The fraction of sp³-hybridized carbons (Fsp3) is 0.222. The highest BCUT2D eigenvalue weighted by molar-refractivity contribution is 14.1. The Hall–Kier alpha value is -3.38. The van der Waals surface area contributed by atoms with Crippen LogP contribution in [0.3, 0.4) is 0 Å². The number of hydrogen-bond donors (Lipinski definition) is 0. The Morgan fingerprint density at radius 3 is 1.11 bits per heavy atom. The molecule has 0 aliphatic heterocycles. The van der Waals surface area contributed by atoms with Crippen molar-refractivity contribution in [1.82, 2.24) is 0 Å². The van der Waals surface area contributed by atoms with Gasteiger partial charge in [0, 0.05) is 61.7 Å². The maximum absolute atomic E-state index is 12.7. The molecule has 1 saturated carbocycles. The monoisotopic (exact) mass is 812 g/mol. The molecule has 0 spiro atoms. The molecule has 5 rings (SSSR count). The van der Waals surface area contributed by atoms with E-state index in [1.165, 1.54) is 19.3 Å². The van der Waals surface area contributed by atoms with Crippen molar-refractivity contribution in [2.24, 2.45) is 0 Å². The lowest BCUT2D eigenvalue weighted by molar-refractivity contribution is 0.0725. The highest BCUT2D eigenvalue weighted by Gasteiger charge is 2.34. The summed E-state index contributed by atoms with van der Waals surface area (Å²) in [5.41, 5.74) is 3.89. The highest BCUT2D eigenvalue weighted by atomic mass is 127. The number of halogens is 2. The Bertz CT molecular complexity index is 1520. The highest BCUT2D eigenvalue weighted by Crippen LogP contribution is 2.44. The smallest absolute Gasteiger partial charge is 0.343 e. The van der Waals surface area contributed by atoms with E-state index in [0.717, 1.165) is 36.8 Å². The van der Waals surface area contributed by atoms with Crippen LogP contribution in [0.5, 0.6) is 11.5 Å². The van der Waals surface area contributed by atoms with Gasteiger partial charge in [0.25, 0.3) is 0 Å². The van der Waals surface area contributed by atoms with Crippen molar-refractivity contribution in [2.75, 3.05) is 0 Å². The average molecular weight is 812 g/mol. The standard InChI is InChI=1S/C36H30I2O6/c37-32(39)24-6-10-26(11-7-24)34(41)43-30-18-14-28(15-19-30)36(22-4-2-1-3-5-23-36)29-16-20-31(21-17-29)44-35(42)27-12-8-25(9-13-27)33(38)40/h6-21H,1-5,22-23H2. The van der Waals surface area contributed by atoms with Crippen molar-refractivity contribution < 1.29 is 28.7 Å². The third-order valence-electron chi connectivity index (χ3n) is 8.14. The third kappa shape index (κ3) is 7.63. The molecular formula is C36H30I2O6. The molecule has 6 nitrogen and oxygen atoms in total. The number of hydrogen-bond acceptors (Lipinski definition) is 6. The predicted octanol–water partition coefficient (Wildman–Crippen LogP) is 9.31. The molecule has 8 heteroatoms. The number of benzene rings is 4. The SMILES string of the molecule is O=C(I)c1ccc(C(=O)Oc2ccc(C3(c4ccc(OC(=O)c5ccc(C(=O)I)cc5)cc4)CCCCCCC3)cc2)cc1. The third-order valence-corrected chi connectivity index (χ3v) is 9.38. The molecule has 0 aromatic heterocycles. The van der Waals surface area contributed by atoms with Gasteiger partial charge in [-0.1, -0.05) is 56.4 Å². The summed E-state index contributed by atoms with van der Waals surface area (Å²) in [6, 6.07) is 28.4. The minimum absolute atomic E-state index is 0.0889. The van der Waals surface area contributed by atoms with E-state index in [9.17, 15) is 19.2 Å². The van der Waals surface area contributed by atoms with E-state index in [1.54, 1.807) is 93.7 Å². The van der Waals surface area contributed by atoms with Gasteiger partial charge in [0.2, 0.25) is 7.58 Å². The Labute approximate surface area is 283 Å². The molecular weight excluding hydrogens is 782 g/mol. The fourth-order valence-electron chi connectivity index (χ4n) is 5.74. The van der Waals surface area contributed by atoms with Gasteiger partial charge in [-0.2, -0.15) is 0 Å². The Balaban J connectivity index is 1.34. The maximum Gasteiger partial charge on any atom is 0.343 e. The van der Waals surface area contributed by atoms with Crippen LogP contribution in [-0.2, 0) is 5.41 Å². The van der Waals surface area contributed by atoms with Crippen molar-refractivity contribution in [2.45, 2.75) is 50.4 Å². The first-order valence-corrected chi connectivity index (χ1v) is 16.7. The van der Waals surface area contributed by atoms with Crippen LogP contribution in [-0.4, -0.2) is 19.5 Å². The lowest BCUT2D eigenvalue weighted by Gasteiger charge is -2.37. The van der Waals surface area contributed by atoms with Crippen LogP contribution < -0.4 is 9.47 Å². The summed E-state index contributed by atoms with van der Waals surface area (Å²) in [6.45, 7) is 0. The normalized spacial score (nSPS) is 14.5. The van der Waals surface area contributed by atoms with E-state index in [2.05, 4.69) is 0 Å². The molecule has 0 bridgehead atoms. The summed E-state index contributed by atoms with van der Waals surface area (Å²) >= 11 is 3.43. The van der Waals surface area contributed by atoms with Crippen LogP contribution in [0.4, 0.5) is 0 Å². The molecule has 0 radical (unpaired) electrons. The van der Waals surface area contributed by atoms with Crippen molar-refractivity contribution in [1.29, 1.82) is 0 Å². The van der Waals surface area contributed by atoms with Gasteiger partial charge in [-0.15, -0.1) is 0 Å². The zero-order chi connectivity index (χ0) is 31.1. The Morgan fingerprint density at radius 1 is 0.455 bits per heavy atom. The largest absolute Gasteiger partial charge is 0.423 e. The van der Waals surface area contributed by atoms with Crippen molar-refractivity contribution in [3.63, 3.8) is 0 Å². The molecule has 44 heavy (non-hydrogen) atoms. The molecule has 1 aliphatic rings. The zero-order valence-corrected chi connectivity index (χ0v) is 28.2. The minimum atomic E-state index is -0.481. The number of carbonyl (C=O) groups excluding carboxylic acids is 4. The summed E-state index contributed by atoms with van der Waals surface area (Å²) in [6.07, 6.45) is 7.75. The fourth-order valence-corrected chi connectivity index (χ4v) is 6.46. The lowest BCUT2D eigenvalue weighted by Crippen LogP contribution is -2.29. The summed E-state index contributed by atoms with van der Waals surface area (Å²) < 4.78 is 11.1. The van der Waals surface area contributed by atoms with Gasteiger partial charge >= 0.3 is 11.9 Å². The van der Waals surface area contributed by atoms with Crippen LogP contribution in [0.2, 0.25) is 0 Å². The zero-order valence-electron chi connectivity index (χ0n) is 23.9. The van der Waals surface area contributed by atoms with Crippen LogP contribution in [0.25, 0.3) is 0 Å². The molecule has 0 saturated heterocycles. The molecule has 1 aliphatic carbocycles. The summed E-state index contributed by atoms with van der Waals surface area (Å²) in [5, 5.41) is 0. The molecule has 0 unspecified atom stereocenters. The molecule has 224 valence electrons. The Kier molecular flexibility index (Phi) is 10.6. The minimum Gasteiger partial charge on any atom is -0.423 e. The first-order valence-electron chi connectivity index (χ1n) is 14.5. The second kappa shape index (κ2) is 14.6. The second-order valence-corrected chi connectivity index (χ2v) is 12.8. The van der Waals surface area contributed by atoms with Gasteiger partial charge in [0.05, 0.1) is 11.1 Å². The topological polar surface area (TPSA) is 86.7 Å². The summed E-state index contributed by atoms with van der Waals surface area (Å²) in [5.74, 6) is -0.0604. The Morgan fingerprint density at radius 2 is 0.773 bits per heavy atom. The van der Waals surface area contributed by atoms with E-state index in [0.29, 0.717) is 33.8 Å². The molecule has 4 aromatic rings. The van der Waals surface area contributed by atoms with Gasteiger partial charge in [-0.3, -0.25) is 9.59 Å². The van der Waals surface area contributed by atoms with E-state index < -0.39 is 11.9 Å². The molecule has 0 heterocycles. The second-order valence-electron chi connectivity index (χ2n) is 10.9. The molecule has 1 fully saturated rings. The number of rotatable bonds is 8. The molecule has 0 amide bonds. The maximum atomic E-state index is 12.7. The van der Waals surface area contributed by atoms with Gasteiger partial charge in [-0.25, -0.2) is 9.59 Å². The molecule has 0 N–H and O–H groups in total. The van der Waals surface area contributed by atoms with E-state index in [-0.39, 0.29) is 13.0 Å². The van der Waals surface area contributed by atoms with Gasteiger partial charge in [-0.05, 0) is 96.8 Å². The van der Waals surface area contributed by atoms with Crippen LogP contribution in [0, 0.1) is 0 Å². The summed E-state index contributed by atoms with van der Waals surface area (Å²) in [7, 11) is 0. The van der Waals surface area contributed by atoms with Crippen LogP contribution >= 0.6 is 45.2 Å². The average Bonchev–Trinajstić information content (AvgIpc) is 3.02. The van der Waals surface area contributed by atoms with Crippen molar-refractivity contribution in [3.8, 4) is 11.5 Å². The van der Waals surface area contributed by atoms with Crippen molar-refractivity contribution >= 4 is 64.7 Å². The van der Waals surface area contributed by atoms with E-state index in [1.807, 2.05) is 48.5 Å². The van der Waals surface area contributed by atoms with E-state index >= 15 is 0 Å². The first-order chi connectivity index (χ1) is 21.2. The number of ether oxygens (including phenoxy) is 2. The predicted molar refractivity (Wildman–Crippen MR) is 185 cm³/mol. The first kappa shape index (κ1) is 32.0. The van der Waals surface area contributed by atoms with Gasteiger partial charge in [0.15, 0.2) is 0 Å². The molecule has 4 aromatic carbocycles. The van der Waals surface area contributed by atoms with Crippen molar-refractivity contribution in [3.05, 3.63) is 130 Å². The number of esters is 2. The lowest BCUT2D eigenvalue weighted by atomic mass is 9.67. The van der Waals surface area contributed by atoms with Crippen LogP contribution in [0.15, 0.2) is 97.1 Å². The summed E-state index contributed by atoms with van der Waals surface area (Å²) in [4.78, 5) is 48.5. The van der Waals surface area contributed by atoms with Gasteiger partial charge in [0.1, 0.15) is 11.5 Å².